The molecule has 2 unspecified atom stereocenters. The van der Waals surface area contributed by atoms with Gasteiger partial charge in [0.1, 0.15) is 0 Å². The zero-order chi connectivity index (χ0) is 12.5. The molecule has 1 aromatic heterocycles. The maximum Gasteiger partial charge on any atom is 0.306 e. The Morgan fingerprint density at radius 2 is 2.41 bits per heavy atom. The Hall–Kier alpha value is -0.870. The van der Waals surface area contributed by atoms with Gasteiger partial charge in [0.25, 0.3) is 0 Å². The lowest BCUT2D eigenvalue weighted by atomic mass is 9.91. The van der Waals surface area contributed by atoms with Crippen LogP contribution in [0.15, 0.2) is 17.5 Å². The SMILES string of the molecule is CC(C)(CNCC1CC1C(=O)O)c1cccs1. The van der Waals surface area contributed by atoms with E-state index in [1.165, 1.54) is 4.88 Å². The van der Waals surface area contributed by atoms with Gasteiger partial charge in [-0.1, -0.05) is 19.9 Å². The summed E-state index contributed by atoms with van der Waals surface area (Å²) < 4.78 is 0. The largest absolute Gasteiger partial charge is 0.481 e. The molecule has 1 aliphatic rings. The summed E-state index contributed by atoms with van der Waals surface area (Å²) in [6.07, 6.45) is 0.835. The van der Waals surface area contributed by atoms with Crippen molar-refractivity contribution in [2.45, 2.75) is 25.7 Å². The van der Waals surface area contributed by atoms with E-state index in [-0.39, 0.29) is 11.3 Å². The number of carboxylic acid groups (broad SMARTS) is 1. The minimum atomic E-state index is -0.644. The molecule has 1 heterocycles. The van der Waals surface area contributed by atoms with Crippen LogP contribution in [0.1, 0.15) is 25.1 Å². The molecular formula is C13H19NO2S. The van der Waals surface area contributed by atoms with Crippen LogP contribution in [0.25, 0.3) is 0 Å². The van der Waals surface area contributed by atoms with Crippen molar-refractivity contribution in [3.8, 4) is 0 Å². The van der Waals surface area contributed by atoms with Crippen molar-refractivity contribution in [3.63, 3.8) is 0 Å². The van der Waals surface area contributed by atoms with Crippen LogP contribution in [-0.4, -0.2) is 24.2 Å². The van der Waals surface area contributed by atoms with Crippen LogP contribution in [0.4, 0.5) is 0 Å². The van der Waals surface area contributed by atoms with E-state index < -0.39 is 5.97 Å². The zero-order valence-corrected chi connectivity index (χ0v) is 11.1. The topological polar surface area (TPSA) is 49.3 Å². The lowest BCUT2D eigenvalue weighted by Crippen LogP contribution is -2.33. The maximum absolute atomic E-state index is 10.7. The standard InChI is InChI=1S/C13H19NO2S/c1-13(2,11-4-3-5-17-11)8-14-7-9-6-10(9)12(15)16/h3-5,9-10,14H,6-8H2,1-2H3,(H,15,16). The fourth-order valence-corrected chi connectivity index (χ4v) is 2.95. The molecule has 0 aliphatic heterocycles. The van der Waals surface area contributed by atoms with E-state index >= 15 is 0 Å². The van der Waals surface area contributed by atoms with Crippen molar-refractivity contribution >= 4 is 17.3 Å². The van der Waals surface area contributed by atoms with Gasteiger partial charge in [-0.15, -0.1) is 11.3 Å². The number of nitrogens with one attached hydrogen (secondary N) is 1. The maximum atomic E-state index is 10.7. The first-order chi connectivity index (χ1) is 8.00. The highest BCUT2D eigenvalue weighted by molar-refractivity contribution is 7.10. The zero-order valence-electron chi connectivity index (χ0n) is 10.3. The van der Waals surface area contributed by atoms with Gasteiger partial charge in [0.2, 0.25) is 0 Å². The van der Waals surface area contributed by atoms with E-state index in [2.05, 4.69) is 36.7 Å². The van der Waals surface area contributed by atoms with Gasteiger partial charge >= 0.3 is 5.97 Å². The number of rotatable bonds is 6. The summed E-state index contributed by atoms with van der Waals surface area (Å²) >= 11 is 1.78. The number of thiophene rings is 1. The monoisotopic (exact) mass is 253 g/mol. The van der Waals surface area contributed by atoms with Crippen molar-refractivity contribution in [3.05, 3.63) is 22.4 Å². The van der Waals surface area contributed by atoms with Crippen molar-refractivity contribution in [2.24, 2.45) is 11.8 Å². The van der Waals surface area contributed by atoms with Gasteiger partial charge in [0.05, 0.1) is 5.92 Å². The first kappa shape index (κ1) is 12.6. The van der Waals surface area contributed by atoms with Gasteiger partial charge in [-0.25, -0.2) is 0 Å². The number of carboxylic acids is 1. The van der Waals surface area contributed by atoms with E-state index in [9.17, 15) is 4.79 Å². The van der Waals surface area contributed by atoms with E-state index in [4.69, 9.17) is 5.11 Å². The minimum Gasteiger partial charge on any atom is -0.481 e. The molecule has 1 aliphatic carbocycles. The summed E-state index contributed by atoms with van der Waals surface area (Å²) in [6, 6.07) is 4.23. The molecule has 17 heavy (non-hydrogen) atoms. The lowest BCUT2D eigenvalue weighted by Gasteiger charge is -2.23. The van der Waals surface area contributed by atoms with Gasteiger partial charge in [0, 0.05) is 16.8 Å². The van der Waals surface area contributed by atoms with Crippen LogP contribution in [0.3, 0.4) is 0 Å². The Balaban J connectivity index is 1.74. The highest BCUT2D eigenvalue weighted by Crippen LogP contribution is 2.38. The van der Waals surface area contributed by atoms with Gasteiger partial charge in [-0.05, 0) is 30.3 Å². The second-order valence-electron chi connectivity index (χ2n) is 5.43. The molecular weight excluding hydrogens is 234 g/mol. The Labute approximate surface area is 106 Å². The summed E-state index contributed by atoms with van der Waals surface area (Å²) in [5, 5.41) is 14.3. The highest BCUT2D eigenvalue weighted by Gasteiger charge is 2.42. The Morgan fingerprint density at radius 3 is 2.94 bits per heavy atom. The molecule has 94 valence electrons. The average Bonchev–Trinajstić information content (AvgIpc) is 2.81. The van der Waals surface area contributed by atoms with Gasteiger partial charge < -0.3 is 10.4 Å². The quantitative estimate of drug-likeness (QED) is 0.818. The molecule has 2 atom stereocenters. The van der Waals surface area contributed by atoms with E-state index in [1.807, 2.05) is 0 Å². The minimum absolute atomic E-state index is 0.104. The molecule has 1 saturated carbocycles. The first-order valence-corrected chi connectivity index (χ1v) is 6.86. The molecule has 0 saturated heterocycles. The van der Waals surface area contributed by atoms with E-state index in [0.717, 1.165) is 19.5 Å². The third-order valence-electron chi connectivity index (χ3n) is 3.40. The van der Waals surface area contributed by atoms with Gasteiger partial charge in [-0.2, -0.15) is 0 Å². The van der Waals surface area contributed by atoms with Gasteiger partial charge in [0.15, 0.2) is 0 Å². The molecule has 0 radical (unpaired) electrons. The second-order valence-corrected chi connectivity index (χ2v) is 6.38. The predicted molar refractivity (Wildman–Crippen MR) is 69.4 cm³/mol. The highest BCUT2D eigenvalue weighted by atomic mass is 32.1. The van der Waals surface area contributed by atoms with Crippen molar-refractivity contribution in [1.82, 2.24) is 5.32 Å². The molecule has 3 nitrogen and oxygen atoms in total. The predicted octanol–water partition coefficient (Wildman–Crippen LogP) is 2.34. The van der Waals surface area contributed by atoms with Crippen LogP contribution in [0.2, 0.25) is 0 Å². The van der Waals surface area contributed by atoms with Crippen LogP contribution in [0, 0.1) is 11.8 Å². The summed E-state index contributed by atoms with van der Waals surface area (Å²) in [5.41, 5.74) is 0.127. The third-order valence-corrected chi connectivity index (χ3v) is 4.64. The number of carbonyl (C=O) groups is 1. The van der Waals surface area contributed by atoms with E-state index in [1.54, 1.807) is 11.3 Å². The van der Waals surface area contributed by atoms with Crippen LogP contribution in [-0.2, 0) is 10.2 Å². The molecule has 4 heteroatoms. The molecule has 0 spiro atoms. The first-order valence-electron chi connectivity index (χ1n) is 5.98. The van der Waals surface area contributed by atoms with E-state index in [0.29, 0.717) is 5.92 Å². The van der Waals surface area contributed by atoms with Gasteiger partial charge in [-0.3, -0.25) is 4.79 Å². The fourth-order valence-electron chi connectivity index (χ4n) is 2.10. The van der Waals surface area contributed by atoms with Crippen LogP contribution < -0.4 is 5.32 Å². The fraction of sp³-hybridized carbons (Fsp3) is 0.615. The number of hydrogen-bond acceptors (Lipinski definition) is 3. The normalized spacial score (nSPS) is 23.6. The molecule has 1 aromatic rings. The Bertz CT molecular complexity index is 386. The smallest absolute Gasteiger partial charge is 0.306 e. The Kier molecular flexibility index (Phi) is 3.54. The lowest BCUT2D eigenvalue weighted by molar-refractivity contribution is -0.138. The van der Waals surface area contributed by atoms with Crippen molar-refractivity contribution < 1.29 is 9.90 Å². The molecule has 0 aromatic carbocycles. The third kappa shape index (κ3) is 3.07. The Morgan fingerprint density at radius 1 is 1.65 bits per heavy atom. The summed E-state index contributed by atoms with van der Waals surface area (Å²) in [4.78, 5) is 12.1. The molecule has 1 fully saturated rings. The summed E-state index contributed by atoms with van der Waals surface area (Å²) in [5.74, 6) is -0.409. The summed E-state index contributed by atoms with van der Waals surface area (Å²) in [6.45, 7) is 6.16. The van der Waals surface area contributed by atoms with Crippen LogP contribution in [0.5, 0.6) is 0 Å². The molecule has 2 rings (SSSR count). The number of hydrogen-bond donors (Lipinski definition) is 2. The van der Waals surface area contributed by atoms with Crippen LogP contribution >= 0.6 is 11.3 Å². The molecule has 0 bridgehead atoms. The van der Waals surface area contributed by atoms with Crippen molar-refractivity contribution in [2.75, 3.05) is 13.1 Å². The number of aliphatic carboxylic acids is 1. The average molecular weight is 253 g/mol. The summed E-state index contributed by atoms with van der Waals surface area (Å²) in [7, 11) is 0. The molecule has 0 amide bonds. The van der Waals surface area contributed by atoms with Crippen molar-refractivity contribution in [1.29, 1.82) is 0 Å². The molecule has 2 N–H and O–H groups in total. The second kappa shape index (κ2) is 4.78.